The minimum absolute atomic E-state index is 0.182. The van der Waals surface area contributed by atoms with Crippen molar-refractivity contribution in [2.45, 2.75) is 51.7 Å². The first-order chi connectivity index (χ1) is 17.7. The Hall–Kier alpha value is -3.52. The fourth-order valence-corrected chi connectivity index (χ4v) is 5.43. The van der Waals surface area contributed by atoms with Crippen molar-refractivity contribution in [1.82, 2.24) is 20.2 Å². The van der Waals surface area contributed by atoms with Crippen molar-refractivity contribution in [2.75, 3.05) is 19.6 Å². The number of nitrogens with one attached hydrogen (secondary N) is 1. The third-order valence-electron chi connectivity index (χ3n) is 7.09. The van der Waals surface area contributed by atoms with Gasteiger partial charge in [-0.1, -0.05) is 30.3 Å². The number of nitrogens with zero attached hydrogens (tertiary/aromatic N) is 3. The van der Waals surface area contributed by atoms with Crippen molar-refractivity contribution in [1.29, 1.82) is 0 Å². The molecule has 2 aromatic carbocycles. The maximum atomic E-state index is 14.2. The fourth-order valence-electron chi connectivity index (χ4n) is 5.43. The van der Waals surface area contributed by atoms with E-state index in [0.717, 1.165) is 31.5 Å². The largest absolute Gasteiger partial charge is 0.453 e. The zero-order valence-corrected chi connectivity index (χ0v) is 21.5. The monoisotopic (exact) mass is 504 g/mol. The Morgan fingerprint density at radius 1 is 1.16 bits per heavy atom. The molecule has 2 atom stereocenters. The van der Waals surface area contributed by atoms with Gasteiger partial charge in [0.1, 0.15) is 29.2 Å². The molecule has 0 saturated carbocycles. The summed E-state index contributed by atoms with van der Waals surface area (Å²) >= 11 is 0. The summed E-state index contributed by atoms with van der Waals surface area (Å²) in [6.07, 6.45) is 5.01. The van der Waals surface area contributed by atoms with Gasteiger partial charge in [-0.3, -0.25) is 4.90 Å². The van der Waals surface area contributed by atoms with Crippen LogP contribution in [0, 0.1) is 11.2 Å². The van der Waals surface area contributed by atoms with Crippen LogP contribution in [0.15, 0.2) is 61.1 Å². The van der Waals surface area contributed by atoms with Gasteiger partial charge in [-0.15, -0.1) is 0 Å². The molecule has 8 heteroatoms. The fraction of sp³-hybridized carbons (Fsp3) is 0.414. The Balaban J connectivity index is 1.51. The quantitative estimate of drug-likeness (QED) is 0.483. The lowest BCUT2D eigenvalue weighted by atomic mass is 9.78. The highest BCUT2D eigenvalue weighted by Gasteiger charge is 2.53. The number of ether oxygens (including phenoxy) is 2. The number of amides is 1. The molecule has 2 saturated heterocycles. The Morgan fingerprint density at radius 3 is 2.70 bits per heavy atom. The second kappa shape index (κ2) is 10.1. The van der Waals surface area contributed by atoms with Gasteiger partial charge < -0.3 is 14.8 Å². The van der Waals surface area contributed by atoms with Crippen molar-refractivity contribution in [3.8, 4) is 11.5 Å². The molecule has 2 fully saturated rings. The molecule has 3 aromatic rings. The maximum absolute atomic E-state index is 14.2. The van der Waals surface area contributed by atoms with E-state index in [1.807, 2.05) is 51.1 Å². The van der Waals surface area contributed by atoms with Gasteiger partial charge in [0, 0.05) is 30.5 Å². The lowest BCUT2D eigenvalue weighted by molar-refractivity contribution is 0.0160. The van der Waals surface area contributed by atoms with E-state index in [4.69, 9.17) is 9.47 Å². The van der Waals surface area contributed by atoms with E-state index < -0.39 is 5.60 Å². The van der Waals surface area contributed by atoms with Gasteiger partial charge in [-0.05, 0) is 63.9 Å². The topological polar surface area (TPSA) is 76.6 Å². The van der Waals surface area contributed by atoms with Crippen molar-refractivity contribution < 1.29 is 18.7 Å². The molecular weight excluding hydrogens is 471 g/mol. The van der Waals surface area contributed by atoms with E-state index in [1.54, 1.807) is 17.2 Å². The van der Waals surface area contributed by atoms with Gasteiger partial charge in [-0.25, -0.2) is 19.2 Å². The smallest absolute Gasteiger partial charge is 0.410 e. The first-order valence-electron chi connectivity index (χ1n) is 12.7. The molecule has 2 aliphatic rings. The van der Waals surface area contributed by atoms with Crippen molar-refractivity contribution >= 4 is 6.09 Å². The number of carbonyl (C=O) groups is 1. The van der Waals surface area contributed by atoms with E-state index in [2.05, 4.69) is 15.3 Å². The van der Waals surface area contributed by atoms with E-state index in [-0.39, 0.29) is 23.4 Å². The molecule has 0 bridgehead atoms. The van der Waals surface area contributed by atoms with Gasteiger partial charge in [0.25, 0.3) is 0 Å². The second-order valence-electron chi connectivity index (χ2n) is 10.9. The van der Waals surface area contributed by atoms with Crippen LogP contribution in [0.5, 0.6) is 11.5 Å². The summed E-state index contributed by atoms with van der Waals surface area (Å²) in [5.74, 6) is 0.655. The number of benzene rings is 2. The number of likely N-dealkylation sites (tertiary alicyclic amines) is 1. The molecule has 0 aliphatic carbocycles. The first-order valence-corrected chi connectivity index (χ1v) is 12.7. The highest BCUT2D eigenvalue weighted by atomic mass is 19.1. The van der Waals surface area contributed by atoms with E-state index in [0.29, 0.717) is 35.7 Å². The Labute approximate surface area is 217 Å². The van der Waals surface area contributed by atoms with Crippen LogP contribution >= 0.6 is 0 Å². The molecule has 37 heavy (non-hydrogen) atoms. The molecule has 194 valence electrons. The number of rotatable bonds is 5. The van der Waals surface area contributed by atoms with E-state index in [1.165, 1.54) is 18.5 Å². The highest BCUT2D eigenvalue weighted by Crippen LogP contribution is 2.52. The van der Waals surface area contributed by atoms with Crippen molar-refractivity contribution in [3.63, 3.8) is 0 Å². The summed E-state index contributed by atoms with van der Waals surface area (Å²) in [7, 11) is 0. The third-order valence-corrected chi connectivity index (χ3v) is 7.09. The molecule has 2 aliphatic heterocycles. The summed E-state index contributed by atoms with van der Waals surface area (Å²) < 4.78 is 26.4. The van der Waals surface area contributed by atoms with Gasteiger partial charge in [-0.2, -0.15) is 0 Å². The van der Waals surface area contributed by atoms with E-state index in [9.17, 15) is 9.18 Å². The molecule has 3 heterocycles. The van der Waals surface area contributed by atoms with Crippen LogP contribution in [-0.4, -0.2) is 46.2 Å². The Morgan fingerprint density at radius 2 is 1.97 bits per heavy atom. The lowest BCUT2D eigenvalue weighted by Gasteiger charge is -2.35. The zero-order chi connectivity index (χ0) is 26.0. The molecule has 1 N–H and O–H groups in total. The van der Waals surface area contributed by atoms with Gasteiger partial charge >= 0.3 is 6.09 Å². The first kappa shape index (κ1) is 25.1. The van der Waals surface area contributed by atoms with Gasteiger partial charge in [0.2, 0.25) is 0 Å². The molecule has 1 amide bonds. The molecule has 0 radical (unpaired) electrons. The summed E-state index contributed by atoms with van der Waals surface area (Å²) in [4.78, 5) is 24.0. The summed E-state index contributed by atoms with van der Waals surface area (Å²) in [6, 6.07) is 14.0. The molecular formula is C29H33FN4O3. The van der Waals surface area contributed by atoms with Gasteiger partial charge in [0.05, 0.1) is 12.2 Å². The van der Waals surface area contributed by atoms with Crippen LogP contribution in [0.25, 0.3) is 0 Å². The van der Waals surface area contributed by atoms with Crippen molar-refractivity contribution in [3.05, 3.63) is 83.7 Å². The van der Waals surface area contributed by atoms with Crippen LogP contribution in [-0.2, 0) is 11.2 Å². The minimum Gasteiger partial charge on any atom is -0.453 e. The molecule has 1 aromatic heterocycles. The summed E-state index contributed by atoms with van der Waals surface area (Å²) in [5, 5.41) is 3.47. The predicted octanol–water partition coefficient (Wildman–Crippen LogP) is 5.66. The molecule has 2 unspecified atom stereocenters. The predicted molar refractivity (Wildman–Crippen MR) is 138 cm³/mol. The van der Waals surface area contributed by atoms with Crippen LogP contribution in [0.3, 0.4) is 0 Å². The lowest BCUT2D eigenvalue weighted by Crippen LogP contribution is -2.40. The Bertz CT molecular complexity index is 1260. The van der Waals surface area contributed by atoms with Crippen LogP contribution in [0.4, 0.5) is 9.18 Å². The number of halogens is 1. The average Bonchev–Trinajstić information content (AvgIpc) is 3.48. The normalized spacial score (nSPS) is 21.4. The van der Waals surface area contributed by atoms with Crippen molar-refractivity contribution in [2.24, 2.45) is 5.41 Å². The van der Waals surface area contributed by atoms with E-state index >= 15 is 0 Å². The van der Waals surface area contributed by atoms with Crippen LogP contribution in [0.1, 0.15) is 56.5 Å². The Kier molecular flexibility index (Phi) is 6.86. The van der Waals surface area contributed by atoms with Crippen LogP contribution < -0.4 is 10.1 Å². The number of aromatic nitrogens is 2. The number of carbonyl (C=O) groups excluding carboxylic acids is 1. The zero-order valence-electron chi connectivity index (χ0n) is 21.5. The minimum atomic E-state index is -0.614. The SMILES string of the molecule is CC(C)(C)OC(=O)N1CCC2(CCNC2)C1c1ncncc1Oc1ccc(F)cc1Cc1ccccc1. The van der Waals surface area contributed by atoms with Gasteiger partial charge in [0.15, 0.2) is 5.75 Å². The summed E-state index contributed by atoms with van der Waals surface area (Å²) in [6.45, 7) is 7.82. The third kappa shape index (κ3) is 5.44. The highest BCUT2D eigenvalue weighted by molar-refractivity contribution is 5.70. The maximum Gasteiger partial charge on any atom is 0.410 e. The number of hydrogen-bond acceptors (Lipinski definition) is 6. The standard InChI is InChI=1S/C29H33FN4O3/c1-28(2,3)37-27(35)34-14-12-29(11-13-31-18-29)26(34)25-24(17-32-19-33-25)36-23-10-9-22(30)16-21(23)15-20-7-5-4-6-8-20/h4-10,16-17,19,26,31H,11-15,18H2,1-3H3. The summed E-state index contributed by atoms with van der Waals surface area (Å²) in [5.41, 5.74) is 1.60. The second-order valence-corrected chi connectivity index (χ2v) is 10.9. The average molecular weight is 505 g/mol. The van der Waals surface area contributed by atoms with Crippen LogP contribution in [0.2, 0.25) is 0 Å². The number of hydrogen-bond donors (Lipinski definition) is 1. The molecule has 1 spiro atoms. The molecule has 5 rings (SSSR count). The molecule has 7 nitrogen and oxygen atoms in total.